The molecule has 1 aliphatic heterocycles. The van der Waals surface area contributed by atoms with Gasteiger partial charge in [0.05, 0.1) is 19.9 Å². The van der Waals surface area contributed by atoms with Crippen LogP contribution in [0, 0.1) is 0 Å². The van der Waals surface area contributed by atoms with E-state index < -0.39 is 21.5 Å². The minimum Gasteiger partial charge on any atom is -0.497 e. The zero-order valence-electron chi connectivity index (χ0n) is 18.6. The van der Waals surface area contributed by atoms with Crippen molar-refractivity contribution < 1.29 is 22.7 Å². The fourth-order valence-corrected chi connectivity index (χ4v) is 5.33. The molecule has 1 aliphatic carbocycles. The topological polar surface area (TPSA) is 96.0 Å². The Balaban J connectivity index is 1.95. The Bertz CT molecular complexity index is 911. The number of carbonyl (C=O) groups excluding carboxylic acids is 2. The van der Waals surface area contributed by atoms with Gasteiger partial charge in [0, 0.05) is 24.3 Å². The summed E-state index contributed by atoms with van der Waals surface area (Å²) in [5.74, 6) is -0.221. The zero-order chi connectivity index (χ0) is 22.6. The van der Waals surface area contributed by atoms with Crippen molar-refractivity contribution in [2.24, 2.45) is 0 Å². The zero-order valence-corrected chi connectivity index (χ0v) is 19.4. The molecule has 2 amide bonds. The summed E-state index contributed by atoms with van der Waals surface area (Å²) in [7, 11) is -2.11. The van der Waals surface area contributed by atoms with E-state index in [0.29, 0.717) is 11.4 Å². The Morgan fingerprint density at radius 2 is 1.81 bits per heavy atom. The first kappa shape index (κ1) is 23.5. The molecule has 3 rings (SSSR count). The number of rotatable bonds is 5. The molecule has 0 unspecified atom stereocenters. The maximum atomic E-state index is 13.6. The second kappa shape index (κ2) is 9.56. The van der Waals surface area contributed by atoms with Crippen LogP contribution in [0.25, 0.3) is 0 Å². The quantitative estimate of drug-likeness (QED) is 0.741. The van der Waals surface area contributed by atoms with Crippen LogP contribution in [-0.2, 0) is 19.6 Å². The van der Waals surface area contributed by atoms with E-state index in [-0.39, 0.29) is 25.0 Å². The molecule has 0 spiro atoms. The van der Waals surface area contributed by atoms with Crippen LogP contribution in [-0.4, -0.2) is 62.6 Å². The molecule has 8 nitrogen and oxygen atoms in total. The monoisotopic (exact) mass is 451 g/mol. The molecule has 1 saturated carbocycles. The average Bonchev–Trinajstić information content (AvgIpc) is 2.68. The number of ether oxygens (including phenoxy) is 1. The highest BCUT2D eigenvalue weighted by Crippen LogP contribution is 2.33. The number of methoxy groups -OCH3 is 1. The van der Waals surface area contributed by atoms with Gasteiger partial charge in [-0.15, -0.1) is 0 Å². The molecule has 2 aliphatic rings. The molecule has 1 aromatic rings. The van der Waals surface area contributed by atoms with Crippen LogP contribution in [0.4, 0.5) is 5.69 Å². The summed E-state index contributed by atoms with van der Waals surface area (Å²) in [6, 6.07) is 6.96. The Hall–Kier alpha value is -2.13. The van der Waals surface area contributed by atoms with Crippen molar-refractivity contribution in [1.29, 1.82) is 0 Å². The second-order valence-corrected chi connectivity index (χ2v) is 10.7. The van der Waals surface area contributed by atoms with Gasteiger partial charge in [-0.1, -0.05) is 38.2 Å². The summed E-state index contributed by atoms with van der Waals surface area (Å²) in [4.78, 5) is 28.2. The van der Waals surface area contributed by atoms with Crippen molar-refractivity contribution in [3.05, 3.63) is 24.3 Å². The maximum absolute atomic E-state index is 13.6. The van der Waals surface area contributed by atoms with E-state index >= 15 is 0 Å². The fourth-order valence-electron chi connectivity index (χ4n) is 4.49. The molecule has 0 aromatic heterocycles. The lowest BCUT2D eigenvalue weighted by molar-refractivity contribution is -0.133. The Morgan fingerprint density at radius 3 is 2.42 bits per heavy atom. The van der Waals surface area contributed by atoms with Crippen molar-refractivity contribution in [2.45, 2.75) is 63.5 Å². The summed E-state index contributed by atoms with van der Waals surface area (Å²) < 4.78 is 30.9. The molecule has 1 aromatic carbocycles. The van der Waals surface area contributed by atoms with Gasteiger partial charge in [0.25, 0.3) is 0 Å². The number of anilines is 1. The number of hydrogen-bond donors (Lipinski definition) is 1. The molecule has 1 N–H and O–H groups in total. The standard InChI is InChI=1S/C22H33N3O5S/c1-22(21(27)23-17-10-7-5-4-6-8-11-17)16-24(31(3,28)29)15-20(26)25(22)18-12-9-13-19(14-18)30-2/h9,12-14,17H,4-8,10-11,15-16H2,1-3H3,(H,23,27)/t22-/m1/s1. The highest BCUT2D eigenvalue weighted by molar-refractivity contribution is 7.88. The van der Waals surface area contributed by atoms with Gasteiger partial charge in [0.15, 0.2) is 0 Å². The molecule has 2 fully saturated rings. The number of hydrogen-bond acceptors (Lipinski definition) is 5. The van der Waals surface area contributed by atoms with Crippen molar-refractivity contribution in [3.8, 4) is 5.75 Å². The minimum atomic E-state index is -3.64. The minimum absolute atomic E-state index is 0.0282. The van der Waals surface area contributed by atoms with Gasteiger partial charge in [-0.05, 0) is 31.9 Å². The third kappa shape index (κ3) is 5.38. The van der Waals surface area contributed by atoms with E-state index in [4.69, 9.17) is 4.74 Å². The maximum Gasteiger partial charge on any atom is 0.247 e. The van der Waals surface area contributed by atoms with E-state index in [2.05, 4.69) is 5.32 Å². The Kier molecular flexibility index (Phi) is 7.26. The third-order valence-electron chi connectivity index (χ3n) is 6.25. The van der Waals surface area contributed by atoms with E-state index in [9.17, 15) is 18.0 Å². The second-order valence-electron chi connectivity index (χ2n) is 8.75. The van der Waals surface area contributed by atoms with Crippen LogP contribution in [0.1, 0.15) is 51.9 Å². The molecule has 172 valence electrons. The molecular formula is C22H33N3O5S. The van der Waals surface area contributed by atoms with Crippen molar-refractivity contribution >= 4 is 27.5 Å². The van der Waals surface area contributed by atoms with Gasteiger partial charge in [-0.25, -0.2) is 8.42 Å². The van der Waals surface area contributed by atoms with Gasteiger partial charge in [-0.3, -0.25) is 14.5 Å². The van der Waals surface area contributed by atoms with Crippen molar-refractivity contribution in [1.82, 2.24) is 9.62 Å². The first-order valence-corrected chi connectivity index (χ1v) is 12.7. The van der Waals surface area contributed by atoms with Gasteiger partial charge >= 0.3 is 0 Å². The van der Waals surface area contributed by atoms with Crippen LogP contribution in [0.2, 0.25) is 0 Å². The number of nitrogens with one attached hydrogen (secondary N) is 1. The number of nitrogens with zero attached hydrogens (tertiary/aromatic N) is 2. The first-order chi connectivity index (χ1) is 14.6. The summed E-state index contributed by atoms with van der Waals surface area (Å²) >= 11 is 0. The molecule has 31 heavy (non-hydrogen) atoms. The average molecular weight is 452 g/mol. The van der Waals surface area contributed by atoms with Gasteiger partial charge < -0.3 is 10.1 Å². The number of amides is 2. The van der Waals surface area contributed by atoms with Gasteiger partial charge in [0.1, 0.15) is 11.3 Å². The van der Waals surface area contributed by atoms with E-state index in [0.717, 1.165) is 49.1 Å². The lowest BCUT2D eigenvalue weighted by Gasteiger charge is -2.47. The predicted octanol–water partition coefficient (Wildman–Crippen LogP) is 2.29. The third-order valence-corrected chi connectivity index (χ3v) is 7.45. The number of carbonyl (C=O) groups is 2. The molecule has 1 heterocycles. The van der Waals surface area contributed by atoms with E-state index in [1.807, 2.05) is 0 Å². The first-order valence-electron chi connectivity index (χ1n) is 10.9. The van der Waals surface area contributed by atoms with Crippen LogP contribution in [0.5, 0.6) is 5.75 Å². The van der Waals surface area contributed by atoms with Crippen LogP contribution < -0.4 is 15.0 Å². The lowest BCUT2D eigenvalue weighted by atomic mass is 9.92. The van der Waals surface area contributed by atoms with E-state index in [1.54, 1.807) is 31.2 Å². The summed E-state index contributed by atoms with van der Waals surface area (Å²) in [5.41, 5.74) is -0.875. The number of sulfonamides is 1. The molecule has 0 bridgehead atoms. The van der Waals surface area contributed by atoms with Crippen LogP contribution >= 0.6 is 0 Å². The van der Waals surface area contributed by atoms with Gasteiger partial charge in [0.2, 0.25) is 21.8 Å². The highest BCUT2D eigenvalue weighted by atomic mass is 32.2. The lowest BCUT2D eigenvalue weighted by Crippen LogP contribution is -2.70. The normalized spacial score (nSPS) is 24.4. The molecule has 9 heteroatoms. The summed E-state index contributed by atoms with van der Waals surface area (Å²) in [6.07, 6.45) is 8.48. The van der Waals surface area contributed by atoms with E-state index in [1.165, 1.54) is 18.4 Å². The molecule has 1 saturated heterocycles. The smallest absolute Gasteiger partial charge is 0.247 e. The predicted molar refractivity (Wildman–Crippen MR) is 120 cm³/mol. The SMILES string of the molecule is COc1cccc(N2C(=O)CN(S(C)(=O)=O)C[C@]2(C)C(=O)NC2CCCCCCC2)c1. The number of piperazine rings is 1. The largest absolute Gasteiger partial charge is 0.497 e. The summed E-state index contributed by atoms with van der Waals surface area (Å²) in [6.45, 7) is 1.23. The Labute approximate surface area is 185 Å². The highest BCUT2D eigenvalue weighted by Gasteiger charge is 2.50. The summed E-state index contributed by atoms with van der Waals surface area (Å²) in [5, 5.41) is 3.13. The molecular weight excluding hydrogens is 418 g/mol. The molecule has 1 atom stereocenters. The number of benzene rings is 1. The molecule has 0 radical (unpaired) electrons. The van der Waals surface area contributed by atoms with Crippen LogP contribution in [0.3, 0.4) is 0 Å². The van der Waals surface area contributed by atoms with Crippen molar-refractivity contribution in [3.63, 3.8) is 0 Å². The van der Waals surface area contributed by atoms with Crippen LogP contribution in [0.15, 0.2) is 24.3 Å². The fraction of sp³-hybridized carbons (Fsp3) is 0.636. The Morgan fingerprint density at radius 1 is 1.16 bits per heavy atom. The van der Waals surface area contributed by atoms with Gasteiger partial charge in [-0.2, -0.15) is 4.31 Å². The van der Waals surface area contributed by atoms with Crippen molar-refractivity contribution in [2.75, 3.05) is 31.4 Å².